The summed E-state index contributed by atoms with van der Waals surface area (Å²) < 4.78 is 32.3. The molecular formula is C17H21NO3S. The second-order valence-electron chi connectivity index (χ2n) is 5.25. The van der Waals surface area contributed by atoms with Gasteiger partial charge in [-0.2, -0.15) is 0 Å². The number of para-hydroxylation sites is 1. The van der Waals surface area contributed by atoms with Gasteiger partial charge in [0.25, 0.3) is 0 Å². The highest BCUT2D eigenvalue weighted by Gasteiger charge is 2.12. The molecule has 1 N–H and O–H groups in total. The zero-order valence-corrected chi connectivity index (χ0v) is 13.6. The van der Waals surface area contributed by atoms with Gasteiger partial charge in [0.05, 0.1) is 4.90 Å². The minimum atomic E-state index is -3.47. The number of ether oxygens (including phenoxy) is 1. The fraction of sp³-hybridized carbons (Fsp3) is 0.294. The van der Waals surface area contributed by atoms with Crippen LogP contribution in [0.4, 0.5) is 0 Å². The third-order valence-corrected chi connectivity index (χ3v) is 4.72. The van der Waals surface area contributed by atoms with E-state index in [2.05, 4.69) is 18.6 Å². The Morgan fingerprint density at radius 1 is 1.00 bits per heavy atom. The molecule has 0 saturated carbocycles. The van der Waals surface area contributed by atoms with Crippen LogP contribution < -0.4 is 9.46 Å². The quantitative estimate of drug-likeness (QED) is 0.798. The standard InChI is InChI=1S/C17H21NO3S/c1-14(2)16-10-6-7-11-17(16)21-13-12-18-22(19,20)15-8-4-3-5-9-15/h3-11,14,18H,12-13H2,1-2H3. The average molecular weight is 319 g/mol. The van der Waals surface area contributed by atoms with Gasteiger partial charge < -0.3 is 4.74 Å². The van der Waals surface area contributed by atoms with E-state index in [9.17, 15) is 8.42 Å². The van der Waals surface area contributed by atoms with Crippen LogP contribution in [0, 0.1) is 0 Å². The number of hydrogen-bond acceptors (Lipinski definition) is 3. The number of nitrogens with one attached hydrogen (secondary N) is 1. The summed E-state index contributed by atoms with van der Waals surface area (Å²) in [5.41, 5.74) is 1.12. The zero-order chi connectivity index (χ0) is 16.0. The molecule has 118 valence electrons. The van der Waals surface area contributed by atoms with Crippen molar-refractivity contribution in [1.82, 2.24) is 4.72 Å². The highest BCUT2D eigenvalue weighted by Crippen LogP contribution is 2.25. The second kappa shape index (κ2) is 7.42. The van der Waals surface area contributed by atoms with Crippen molar-refractivity contribution in [2.75, 3.05) is 13.2 Å². The average Bonchev–Trinajstić information content (AvgIpc) is 2.53. The minimum absolute atomic E-state index is 0.226. The molecule has 5 heteroatoms. The molecule has 2 rings (SSSR count). The largest absolute Gasteiger partial charge is 0.492 e. The van der Waals surface area contributed by atoms with E-state index >= 15 is 0 Å². The molecule has 2 aromatic carbocycles. The molecule has 0 saturated heterocycles. The lowest BCUT2D eigenvalue weighted by atomic mass is 10.0. The molecule has 2 aromatic rings. The molecule has 0 spiro atoms. The van der Waals surface area contributed by atoms with Gasteiger partial charge in [0.15, 0.2) is 0 Å². The van der Waals surface area contributed by atoms with Crippen LogP contribution >= 0.6 is 0 Å². The van der Waals surface area contributed by atoms with Crippen molar-refractivity contribution in [1.29, 1.82) is 0 Å². The van der Waals surface area contributed by atoms with Crippen molar-refractivity contribution in [3.05, 3.63) is 60.2 Å². The van der Waals surface area contributed by atoms with Gasteiger partial charge in [-0.3, -0.25) is 0 Å². The van der Waals surface area contributed by atoms with Crippen molar-refractivity contribution < 1.29 is 13.2 Å². The Hall–Kier alpha value is -1.85. The summed E-state index contributed by atoms with van der Waals surface area (Å²) in [5.74, 6) is 1.16. The van der Waals surface area contributed by atoms with Gasteiger partial charge in [-0.1, -0.05) is 50.2 Å². The Morgan fingerprint density at radius 3 is 2.32 bits per heavy atom. The van der Waals surface area contributed by atoms with Crippen molar-refractivity contribution in [3.8, 4) is 5.75 Å². The summed E-state index contributed by atoms with van der Waals surface area (Å²) in [6.45, 7) is 4.71. The smallest absolute Gasteiger partial charge is 0.240 e. The monoisotopic (exact) mass is 319 g/mol. The van der Waals surface area contributed by atoms with Gasteiger partial charge in [-0.05, 0) is 29.7 Å². The summed E-state index contributed by atoms with van der Waals surface area (Å²) in [4.78, 5) is 0.262. The summed E-state index contributed by atoms with van der Waals surface area (Å²) in [7, 11) is -3.47. The molecule has 4 nitrogen and oxygen atoms in total. The van der Waals surface area contributed by atoms with E-state index < -0.39 is 10.0 Å². The van der Waals surface area contributed by atoms with Crippen LogP contribution in [-0.2, 0) is 10.0 Å². The van der Waals surface area contributed by atoms with Crippen LogP contribution in [0.1, 0.15) is 25.3 Å². The Morgan fingerprint density at radius 2 is 1.64 bits per heavy atom. The van der Waals surface area contributed by atoms with E-state index in [-0.39, 0.29) is 18.0 Å². The lowest BCUT2D eigenvalue weighted by Gasteiger charge is -2.14. The third kappa shape index (κ3) is 4.32. The maximum absolute atomic E-state index is 12.1. The van der Waals surface area contributed by atoms with Crippen molar-refractivity contribution >= 4 is 10.0 Å². The number of sulfonamides is 1. The van der Waals surface area contributed by atoms with Gasteiger partial charge in [-0.25, -0.2) is 13.1 Å². The van der Waals surface area contributed by atoms with Gasteiger partial charge in [0, 0.05) is 6.54 Å². The van der Waals surface area contributed by atoms with Gasteiger partial charge in [-0.15, -0.1) is 0 Å². The molecule has 0 amide bonds. The lowest BCUT2D eigenvalue weighted by molar-refractivity contribution is 0.318. The Balaban J connectivity index is 1.90. The molecule has 0 aliphatic rings. The zero-order valence-electron chi connectivity index (χ0n) is 12.8. The maximum atomic E-state index is 12.1. The highest BCUT2D eigenvalue weighted by molar-refractivity contribution is 7.89. The molecule has 0 bridgehead atoms. The van der Waals surface area contributed by atoms with E-state index in [1.807, 2.05) is 24.3 Å². The van der Waals surface area contributed by atoms with Crippen molar-refractivity contribution in [3.63, 3.8) is 0 Å². The first kappa shape index (κ1) is 16.5. The van der Waals surface area contributed by atoms with Crippen LogP contribution in [0.3, 0.4) is 0 Å². The molecule has 0 radical (unpaired) electrons. The van der Waals surface area contributed by atoms with Crippen LogP contribution in [-0.4, -0.2) is 21.6 Å². The lowest BCUT2D eigenvalue weighted by Crippen LogP contribution is -2.28. The minimum Gasteiger partial charge on any atom is -0.492 e. The van der Waals surface area contributed by atoms with Crippen LogP contribution in [0.2, 0.25) is 0 Å². The van der Waals surface area contributed by atoms with Crippen LogP contribution in [0.5, 0.6) is 5.75 Å². The molecule has 0 atom stereocenters. The fourth-order valence-corrected chi connectivity index (χ4v) is 3.14. The summed E-state index contributed by atoms with van der Waals surface area (Å²) in [6.07, 6.45) is 0. The van der Waals surface area contributed by atoms with E-state index in [0.29, 0.717) is 5.92 Å². The predicted octanol–water partition coefficient (Wildman–Crippen LogP) is 3.17. The van der Waals surface area contributed by atoms with Crippen molar-refractivity contribution in [2.45, 2.75) is 24.7 Å². The van der Waals surface area contributed by atoms with E-state index in [1.54, 1.807) is 30.3 Å². The second-order valence-corrected chi connectivity index (χ2v) is 7.02. The predicted molar refractivity (Wildman–Crippen MR) is 87.7 cm³/mol. The topological polar surface area (TPSA) is 55.4 Å². The third-order valence-electron chi connectivity index (χ3n) is 3.25. The SMILES string of the molecule is CC(C)c1ccccc1OCCNS(=O)(=O)c1ccccc1. The molecule has 0 aliphatic heterocycles. The molecule has 0 fully saturated rings. The molecule has 0 heterocycles. The fourth-order valence-electron chi connectivity index (χ4n) is 2.11. The number of rotatable bonds is 7. The summed E-state index contributed by atoms with van der Waals surface area (Å²) >= 11 is 0. The molecule has 0 unspecified atom stereocenters. The first-order valence-corrected chi connectivity index (χ1v) is 8.75. The molecule has 0 aliphatic carbocycles. The molecule has 0 aromatic heterocycles. The van der Waals surface area contributed by atoms with E-state index in [4.69, 9.17) is 4.74 Å². The maximum Gasteiger partial charge on any atom is 0.240 e. The van der Waals surface area contributed by atoms with Crippen LogP contribution in [0.15, 0.2) is 59.5 Å². The van der Waals surface area contributed by atoms with Crippen molar-refractivity contribution in [2.24, 2.45) is 0 Å². The molecular weight excluding hydrogens is 298 g/mol. The van der Waals surface area contributed by atoms with Gasteiger partial charge in [0.2, 0.25) is 10.0 Å². The van der Waals surface area contributed by atoms with E-state index in [0.717, 1.165) is 11.3 Å². The van der Waals surface area contributed by atoms with Gasteiger partial charge >= 0.3 is 0 Å². The Kier molecular flexibility index (Phi) is 5.57. The Labute approximate surface area is 132 Å². The summed E-state index contributed by atoms with van der Waals surface area (Å²) in [5, 5.41) is 0. The van der Waals surface area contributed by atoms with Crippen LogP contribution in [0.25, 0.3) is 0 Å². The Bertz CT molecular complexity index is 697. The first-order valence-electron chi connectivity index (χ1n) is 7.27. The number of benzene rings is 2. The normalized spacial score (nSPS) is 11.6. The first-order chi connectivity index (χ1) is 10.5. The summed E-state index contributed by atoms with van der Waals surface area (Å²) in [6, 6.07) is 16.1. The molecule has 22 heavy (non-hydrogen) atoms. The highest BCUT2D eigenvalue weighted by atomic mass is 32.2. The van der Waals surface area contributed by atoms with E-state index in [1.165, 1.54) is 0 Å². The van der Waals surface area contributed by atoms with Gasteiger partial charge in [0.1, 0.15) is 12.4 Å². The number of hydrogen-bond donors (Lipinski definition) is 1.